The topological polar surface area (TPSA) is 50.1 Å². The van der Waals surface area contributed by atoms with Crippen LogP contribution >= 0.6 is 0 Å². The molecule has 3 nitrogen and oxygen atoms in total. The first-order chi connectivity index (χ1) is 7.95. The monoisotopic (exact) mass is 232 g/mol. The van der Waals surface area contributed by atoms with Gasteiger partial charge in [0, 0.05) is 0 Å². The van der Waals surface area contributed by atoms with Gasteiger partial charge >= 0.3 is 5.97 Å². The maximum atomic E-state index is 12.1. The molecule has 4 aliphatic carbocycles. The lowest BCUT2D eigenvalue weighted by atomic mass is 9.40. The summed E-state index contributed by atoms with van der Waals surface area (Å²) in [7, 11) is 1.45. The zero-order chi connectivity index (χ0) is 12.3. The summed E-state index contributed by atoms with van der Waals surface area (Å²) in [5.41, 5.74) is -0.787. The second-order valence-electron chi connectivity index (χ2n) is 6.67. The van der Waals surface area contributed by atoms with E-state index < -0.39 is 5.41 Å². The number of carbonyl (C=O) groups is 1. The van der Waals surface area contributed by atoms with E-state index in [0.29, 0.717) is 12.3 Å². The predicted octanol–water partition coefficient (Wildman–Crippen LogP) is 2.47. The number of nitrogens with zero attached hydrogens (tertiary/aromatic N) is 1. The molecule has 0 aromatic carbocycles. The van der Waals surface area contributed by atoms with Crippen LogP contribution in [-0.2, 0) is 9.53 Å². The van der Waals surface area contributed by atoms with Gasteiger partial charge in [0.05, 0.1) is 24.0 Å². The van der Waals surface area contributed by atoms with Crippen molar-refractivity contribution in [1.29, 1.82) is 5.26 Å². The van der Waals surface area contributed by atoms with Gasteiger partial charge in [0.15, 0.2) is 0 Å². The van der Waals surface area contributed by atoms with E-state index >= 15 is 0 Å². The zero-order valence-electron chi connectivity index (χ0n) is 10.3. The van der Waals surface area contributed by atoms with E-state index in [2.05, 4.69) is 13.0 Å². The maximum absolute atomic E-state index is 12.1. The zero-order valence-corrected chi connectivity index (χ0v) is 10.3. The summed E-state index contributed by atoms with van der Waals surface area (Å²) < 4.78 is 4.99. The van der Waals surface area contributed by atoms with Crippen LogP contribution in [0, 0.1) is 40.4 Å². The van der Waals surface area contributed by atoms with Crippen molar-refractivity contribution in [2.24, 2.45) is 22.2 Å². The fraction of sp³-hybridized carbons (Fsp3) is 0.786. The normalized spacial score (nSPS) is 51.0. The van der Waals surface area contributed by atoms with E-state index in [4.69, 9.17) is 4.74 Å². The molecule has 4 aliphatic rings. The third-order valence-electron chi connectivity index (χ3n) is 5.04. The lowest BCUT2D eigenvalue weighted by Crippen LogP contribution is -2.58. The van der Waals surface area contributed by atoms with Crippen molar-refractivity contribution in [3.63, 3.8) is 0 Å². The molecule has 0 amide bonds. The van der Waals surface area contributed by atoms with Crippen LogP contribution in [0.2, 0.25) is 0 Å². The molecule has 0 saturated heterocycles. The molecule has 4 unspecified atom stereocenters. The van der Waals surface area contributed by atoms with Crippen molar-refractivity contribution in [3.05, 3.63) is 6.92 Å². The van der Waals surface area contributed by atoms with Crippen molar-refractivity contribution < 1.29 is 9.53 Å². The molecule has 0 aromatic rings. The molecule has 0 aliphatic heterocycles. The summed E-state index contributed by atoms with van der Waals surface area (Å²) in [5, 5.41) is 9.49. The highest BCUT2D eigenvalue weighted by Crippen LogP contribution is 2.69. The van der Waals surface area contributed by atoms with Gasteiger partial charge in [-0.25, -0.2) is 0 Å². The lowest BCUT2D eigenvalue weighted by Gasteiger charge is -2.62. The smallest absolute Gasteiger partial charge is 0.311 e. The molecule has 0 spiro atoms. The Labute approximate surface area is 102 Å². The van der Waals surface area contributed by atoms with Crippen molar-refractivity contribution in [2.45, 2.75) is 38.5 Å². The number of hydrogen-bond donors (Lipinski definition) is 0. The van der Waals surface area contributed by atoms with E-state index in [0.717, 1.165) is 32.1 Å². The number of ether oxygens (including phenoxy) is 1. The van der Waals surface area contributed by atoms with Crippen molar-refractivity contribution in [1.82, 2.24) is 0 Å². The average Bonchev–Trinajstić information content (AvgIpc) is 2.24. The summed E-state index contributed by atoms with van der Waals surface area (Å²) in [6.45, 7) is 4.33. The van der Waals surface area contributed by atoms with Crippen LogP contribution in [0.3, 0.4) is 0 Å². The van der Waals surface area contributed by atoms with Crippen LogP contribution in [0.1, 0.15) is 38.5 Å². The van der Waals surface area contributed by atoms with Gasteiger partial charge in [-0.15, -0.1) is 0 Å². The van der Waals surface area contributed by atoms with Crippen LogP contribution < -0.4 is 0 Å². The Morgan fingerprint density at radius 1 is 1.35 bits per heavy atom. The first kappa shape index (κ1) is 11.1. The highest BCUT2D eigenvalue weighted by molar-refractivity contribution is 5.78. The molecule has 91 valence electrons. The van der Waals surface area contributed by atoms with Gasteiger partial charge in [0.25, 0.3) is 0 Å². The first-order valence-corrected chi connectivity index (χ1v) is 6.30. The van der Waals surface area contributed by atoms with Crippen LogP contribution in [-0.4, -0.2) is 13.1 Å². The third kappa shape index (κ3) is 1.36. The fourth-order valence-electron chi connectivity index (χ4n) is 5.21. The van der Waals surface area contributed by atoms with Crippen LogP contribution in [0.15, 0.2) is 0 Å². The van der Waals surface area contributed by atoms with E-state index in [1.165, 1.54) is 7.11 Å². The van der Waals surface area contributed by atoms with Crippen molar-refractivity contribution >= 4 is 5.97 Å². The summed E-state index contributed by atoms with van der Waals surface area (Å²) in [4.78, 5) is 12.1. The Hall–Kier alpha value is -1.04. The van der Waals surface area contributed by atoms with E-state index in [-0.39, 0.29) is 16.8 Å². The van der Waals surface area contributed by atoms with Crippen LogP contribution in [0.5, 0.6) is 0 Å². The van der Waals surface area contributed by atoms with Crippen molar-refractivity contribution in [3.8, 4) is 6.07 Å². The highest BCUT2D eigenvalue weighted by Gasteiger charge is 2.65. The minimum atomic E-state index is -0.411. The Balaban J connectivity index is 2.05. The molecule has 4 fully saturated rings. The van der Waals surface area contributed by atoms with Gasteiger partial charge in [0.2, 0.25) is 0 Å². The number of esters is 1. The molecule has 4 bridgehead atoms. The molecule has 1 radical (unpaired) electrons. The molecule has 4 atom stereocenters. The summed E-state index contributed by atoms with van der Waals surface area (Å²) in [5.74, 6) is 0.372. The largest absolute Gasteiger partial charge is 0.469 e. The SMILES string of the molecule is [CH2]C12CC3CC(C#N)(C1)CC(C(=O)OC)(C3)C2. The minimum absolute atomic E-state index is 0.0661. The van der Waals surface area contributed by atoms with E-state index in [1.54, 1.807) is 0 Å². The molecular weight excluding hydrogens is 214 g/mol. The van der Waals surface area contributed by atoms with Crippen LogP contribution in [0.4, 0.5) is 0 Å². The minimum Gasteiger partial charge on any atom is -0.469 e. The van der Waals surface area contributed by atoms with Gasteiger partial charge < -0.3 is 4.74 Å². The summed E-state index contributed by atoms with van der Waals surface area (Å²) in [6.07, 6.45) is 5.31. The number of hydrogen-bond acceptors (Lipinski definition) is 3. The Bertz CT molecular complexity index is 426. The lowest BCUT2D eigenvalue weighted by molar-refractivity contribution is -0.180. The molecule has 4 rings (SSSR count). The van der Waals surface area contributed by atoms with Crippen LogP contribution in [0.25, 0.3) is 0 Å². The van der Waals surface area contributed by atoms with Gasteiger partial charge in [0.1, 0.15) is 0 Å². The highest BCUT2D eigenvalue weighted by atomic mass is 16.5. The number of methoxy groups -OCH3 is 1. The summed E-state index contributed by atoms with van der Waals surface area (Å²) in [6, 6.07) is 2.49. The fourth-order valence-corrected chi connectivity index (χ4v) is 5.21. The quantitative estimate of drug-likeness (QED) is 0.652. The molecule has 17 heavy (non-hydrogen) atoms. The standard InChI is InChI=1S/C14H18NO2/c1-12-3-10-4-13(6-12,9-15)8-14(5-10,7-12)11(16)17-2/h10H,1,3-8H2,2H3. The molecule has 4 saturated carbocycles. The van der Waals surface area contributed by atoms with E-state index in [1.807, 2.05) is 0 Å². The molecule has 3 heteroatoms. The molecular formula is C14H18NO2. The van der Waals surface area contributed by atoms with Crippen molar-refractivity contribution in [2.75, 3.05) is 7.11 Å². The van der Waals surface area contributed by atoms with Gasteiger partial charge in [-0.05, 0) is 56.8 Å². The van der Waals surface area contributed by atoms with Gasteiger partial charge in [-0.3, -0.25) is 4.79 Å². The number of nitriles is 1. The second-order valence-corrected chi connectivity index (χ2v) is 6.67. The maximum Gasteiger partial charge on any atom is 0.311 e. The van der Waals surface area contributed by atoms with Gasteiger partial charge in [-0.1, -0.05) is 0 Å². The number of carbonyl (C=O) groups excluding carboxylic acids is 1. The average molecular weight is 232 g/mol. The molecule has 0 N–H and O–H groups in total. The second kappa shape index (κ2) is 3.04. The van der Waals surface area contributed by atoms with E-state index in [9.17, 15) is 10.1 Å². The Morgan fingerprint density at radius 3 is 2.71 bits per heavy atom. The number of rotatable bonds is 1. The predicted molar refractivity (Wildman–Crippen MR) is 61.5 cm³/mol. The Morgan fingerprint density at radius 2 is 2.12 bits per heavy atom. The first-order valence-electron chi connectivity index (χ1n) is 6.30. The Kier molecular flexibility index (Phi) is 1.98. The molecule has 0 heterocycles. The molecule has 0 aromatic heterocycles. The third-order valence-corrected chi connectivity index (χ3v) is 5.04. The summed E-state index contributed by atoms with van der Waals surface area (Å²) >= 11 is 0. The van der Waals surface area contributed by atoms with Gasteiger partial charge in [-0.2, -0.15) is 5.26 Å².